The summed E-state index contributed by atoms with van der Waals surface area (Å²) in [4.78, 5) is 141. The second kappa shape index (κ2) is 107. The molecule has 0 aliphatic rings. The number of ketones is 4. The predicted octanol–water partition coefficient (Wildman–Crippen LogP) is 19.6. The maximum Gasteiger partial charge on any atom is 0.320 e. The number of nitrogens with zero attached hydrogens (tertiary/aromatic N) is 1. The molecule has 0 radical (unpaired) electrons. The highest BCUT2D eigenvalue weighted by Gasteiger charge is 2.23. The van der Waals surface area contributed by atoms with Crippen molar-refractivity contribution in [2.75, 3.05) is 92.6 Å². The highest BCUT2D eigenvalue weighted by atomic mass is 16.6. The van der Waals surface area contributed by atoms with E-state index in [0.29, 0.717) is 85.0 Å². The fourth-order valence-electron chi connectivity index (χ4n) is 14.7. The predicted molar refractivity (Wildman–Crippen MR) is 547 cm³/mol. The number of aliphatic carboxylic acids is 2. The van der Waals surface area contributed by atoms with Crippen LogP contribution in [0.2, 0.25) is 0 Å². The van der Waals surface area contributed by atoms with Crippen molar-refractivity contribution in [1.82, 2.24) is 31.9 Å². The van der Waals surface area contributed by atoms with E-state index in [4.69, 9.17) is 39.6 Å². The monoisotopic (exact) mass is 1940 g/mol. The number of unbranched alkanes of at least 4 members (excludes halogenated alkanes) is 45. The summed E-state index contributed by atoms with van der Waals surface area (Å²) in [6.45, 7) is 27.0. The summed E-state index contributed by atoms with van der Waals surface area (Å²) < 4.78 is 30.5. The molecule has 0 spiro atoms. The number of carbonyl (C=O) groups is 12. The van der Waals surface area contributed by atoms with Crippen LogP contribution in [0, 0.1) is 5.92 Å². The van der Waals surface area contributed by atoms with Crippen molar-refractivity contribution in [1.29, 1.82) is 0 Å². The van der Waals surface area contributed by atoms with Crippen LogP contribution in [0.15, 0.2) is 4.99 Å². The Morgan fingerprint density at radius 3 is 0.772 bits per heavy atom. The molecule has 30 nitrogen and oxygen atoms in total. The number of aliphatic hydroxyl groups is 2. The molecule has 0 heterocycles. The van der Waals surface area contributed by atoms with E-state index in [1.807, 2.05) is 13.8 Å². The van der Waals surface area contributed by atoms with Gasteiger partial charge in [0.1, 0.15) is 35.2 Å². The molecule has 800 valence electrons. The number of esters is 6. The van der Waals surface area contributed by atoms with Crippen LogP contribution in [0.3, 0.4) is 0 Å². The summed E-state index contributed by atoms with van der Waals surface area (Å²) in [5.74, 6) is -3.38. The zero-order valence-corrected chi connectivity index (χ0v) is 88.3. The summed E-state index contributed by atoms with van der Waals surface area (Å²) in [5, 5.41) is 54.2. The first-order valence-electron chi connectivity index (χ1n) is 53.8. The average molecular weight is 1940 g/mol. The number of rotatable bonds is 93. The van der Waals surface area contributed by atoms with Crippen molar-refractivity contribution in [3.8, 4) is 0 Å². The Balaban J connectivity index is -0.000000530. The number of methoxy groups -OCH3 is 1. The molecule has 0 saturated carbocycles. The van der Waals surface area contributed by atoms with E-state index in [0.717, 1.165) is 64.2 Å². The van der Waals surface area contributed by atoms with Crippen LogP contribution < -0.4 is 37.6 Å². The Kier molecular flexibility index (Phi) is 109. The van der Waals surface area contributed by atoms with Gasteiger partial charge in [0.25, 0.3) is 0 Å². The standard InChI is InChI=1S/C25H48N4O6.C21H39NO5.C21H41NO3.C20H39NO4.C19H37NO4/c1-3-4-5-6-7-8-9-10-11-12-20-35-23(31)16-18-27-21(24(32)33)14-13-17-28-25(26)29-19-15-22(30)34-2;1-3-4-5-6-7-8-9-10-11-12-17-27-20(24)15-16-22-19(21(25)26)14-13-18(2)23;1-5-6-7-8-9-10-11-12-13-14-17-25-20(24)15-16-22-21(18(2)3)19(4)23;1-4-5-6-7-8-9-10-11-12-13-16-25-19(24)14-15-21-20(17(2)22)18(3)23;1-3-4-5-6-7-8-9-10-11-12-15-24-19(23)13-14-20-18(16-21)17(2)22/h21,27H,3-20H2,1-2H3,(H,32,33)(H3,26,28,29);19,22H,3-17H2,1-2H3,(H,25,26);18,21-22H,5-17H2,1-4H3;17,20-22H,4-16H2,1-3H3;18,20-21H,3-16H2,1-2H3. The lowest BCUT2D eigenvalue weighted by molar-refractivity contribution is -0.145. The summed E-state index contributed by atoms with van der Waals surface area (Å²) in [5.41, 5.74) is 5.70. The lowest BCUT2D eigenvalue weighted by Crippen LogP contribution is -2.44. The first kappa shape index (κ1) is 138. The summed E-state index contributed by atoms with van der Waals surface area (Å²) in [6.07, 6.45) is 64.2. The highest BCUT2D eigenvalue weighted by molar-refractivity contribution is 5.83. The van der Waals surface area contributed by atoms with Crippen LogP contribution in [-0.4, -0.2) is 226 Å². The second-order valence-corrected chi connectivity index (χ2v) is 36.7. The quantitative estimate of drug-likeness (QED) is 0.00885. The Morgan fingerprint density at radius 1 is 0.301 bits per heavy atom. The molecule has 0 aromatic heterocycles. The van der Waals surface area contributed by atoms with Gasteiger partial charge in [-0.1, -0.05) is 337 Å². The summed E-state index contributed by atoms with van der Waals surface area (Å²) >= 11 is 0. The van der Waals surface area contributed by atoms with Crippen molar-refractivity contribution in [2.45, 2.75) is 505 Å². The van der Waals surface area contributed by atoms with Crippen LogP contribution in [0.5, 0.6) is 0 Å². The lowest BCUT2D eigenvalue weighted by atomic mass is 10.0. The molecule has 0 fully saturated rings. The first-order chi connectivity index (χ1) is 65.5. The number of nitrogens with one attached hydrogen (secondary N) is 6. The lowest BCUT2D eigenvalue weighted by Gasteiger charge is -2.19. The van der Waals surface area contributed by atoms with Crippen molar-refractivity contribution in [3.63, 3.8) is 0 Å². The number of aliphatic hydroxyl groups excluding tert-OH is 2. The van der Waals surface area contributed by atoms with E-state index in [1.54, 1.807) is 13.8 Å². The number of ether oxygens (including phenoxy) is 6. The molecule has 136 heavy (non-hydrogen) atoms. The third-order valence-electron chi connectivity index (χ3n) is 23.2. The molecule has 6 atom stereocenters. The van der Waals surface area contributed by atoms with Crippen LogP contribution in [0.25, 0.3) is 0 Å². The highest BCUT2D eigenvalue weighted by Crippen LogP contribution is 2.17. The number of carboxylic acids is 2. The zero-order chi connectivity index (χ0) is 102. The van der Waals surface area contributed by atoms with E-state index in [1.165, 1.54) is 285 Å². The van der Waals surface area contributed by atoms with E-state index >= 15 is 0 Å². The smallest absolute Gasteiger partial charge is 0.320 e. The minimum absolute atomic E-state index is 0.0426. The molecule has 0 aromatic rings. The Hall–Kier alpha value is -6.57. The van der Waals surface area contributed by atoms with Crippen molar-refractivity contribution in [3.05, 3.63) is 0 Å². The maximum atomic E-state index is 11.9. The van der Waals surface area contributed by atoms with Gasteiger partial charge in [-0.05, 0) is 91.9 Å². The summed E-state index contributed by atoms with van der Waals surface area (Å²) in [7, 11) is 1.31. The maximum absolute atomic E-state index is 11.9. The van der Waals surface area contributed by atoms with Crippen LogP contribution in [-0.2, 0) is 86.0 Å². The molecule has 12 N–H and O–H groups in total. The van der Waals surface area contributed by atoms with Crippen LogP contribution in [0.1, 0.15) is 468 Å². The van der Waals surface area contributed by atoms with Gasteiger partial charge in [-0.3, -0.25) is 57.7 Å². The second-order valence-electron chi connectivity index (χ2n) is 36.7. The Bertz CT molecular complexity index is 2810. The molecular weight excluding hydrogens is 1740 g/mol. The van der Waals surface area contributed by atoms with Crippen LogP contribution >= 0.6 is 0 Å². The molecular formula is C106H204N8O22. The number of Topliss-reactive ketones (excluding diaryl/α,β-unsaturated/α-hetero) is 4. The Morgan fingerprint density at radius 2 is 0.544 bits per heavy atom. The molecule has 0 amide bonds. The van der Waals surface area contributed by atoms with Gasteiger partial charge in [-0.25, -0.2) is 0 Å². The summed E-state index contributed by atoms with van der Waals surface area (Å²) in [6, 6.07) is -2.94. The third-order valence-corrected chi connectivity index (χ3v) is 23.2. The SMILES string of the molecule is CCCCCCCCCCCCOC(=O)CCNC(C(C)=O)C(C)C.CCCCCCCCCCCCOC(=O)CCNC(C(C)=O)C(C)O.CCCCCCCCCCCCOC(=O)CCNC(CCC(C)=O)C(=O)O.CCCCCCCCCCCCOC(=O)CCNC(CCCN=C(N)NCCC(=O)OC)C(=O)O.CCCCCCCCCCCCOC(=O)CCNC(CO)C(C)=O. The van der Waals surface area contributed by atoms with Gasteiger partial charge in [0.15, 0.2) is 5.96 Å². The van der Waals surface area contributed by atoms with Crippen molar-refractivity contribution < 1.29 is 106 Å². The third kappa shape index (κ3) is 106. The van der Waals surface area contributed by atoms with Crippen molar-refractivity contribution in [2.24, 2.45) is 16.6 Å². The first-order valence-corrected chi connectivity index (χ1v) is 53.8. The number of aliphatic imine (C=N–C) groups is 1. The normalized spacial score (nSPS) is 12.4. The van der Waals surface area contributed by atoms with Gasteiger partial charge in [0.05, 0.1) is 110 Å². The largest absolute Gasteiger partial charge is 0.480 e. The fraction of sp³-hybridized carbons (Fsp3) is 0.877. The zero-order valence-electron chi connectivity index (χ0n) is 88.3. The molecule has 0 rings (SSSR count). The average Bonchev–Trinajstić information content (AvgIpc) is 1.11. The number of carboxylic acid groups (broad SMARTS) is 2. The number of nitrogens with two attached hydrogens (primary N) is 1. The molecule has 0 bridgehead atoms. The van der Waals surface area contributed by atoms with Gasteiger partial charge >= 0.3 is 47.8 Å². The van der Waals surface area contributed by atoms with Crippen LogP contribution in [0.4, 0.5) is 0 Å². The van der Waals surface area contributed by atoms with Gasteiger partial charge in [0.2, 0.25) is 0 Å². The Labute approximate surface area is 824 Å². The van der Waals surface area contributed by atoms with E-state index in [2.05, 4.69) is 76.2 Å². The number of hydrogen-bond donors (Lipinski definition) is 11. The van der Waals surface area contributed by atoms with Crippen molar-refractivity contribution >= 4 is 76.8 Å². The molecule has 0 aromatic carbocycles. The number of carbonyl (C=O) groups excluding carboxylic acids is 10. The molecule has 0 aliphatic carbocycles. The van der Waals surface area contributed by atoms with Gasteiger partial charge < -0.3 is 91.3 Å². The van der Waals surface area contributed by atoms with Gasteiger partial charge in [-0.2, -0.15) is 0 Å². The minimum Gasteiger partial charge on any atom is -0.480 e. The number of hydrogen-bond acceptors (Lipinski definition) is 26. The fourth-order valence-corrected chi connectivity index (χ4v) is 14.7. The molecule has 0 aliphatic heterocycles. The molecule has 30 heteroatoms. The van der Waals surface area contributed by atoms with Gasteiger partial charge in [-0.15, -0.1) is 0 Å². The minimum atomic E-state index is -1.00. The number of guanidine groups is 1. The van der Waals surface area contributed by atoms with E-state index < -0.39 is 42.2 Å². The molecule has 6 unspecified atom stereocenters. The van der Waals surface area contributed by atoms with E-state index in [-0.39, 0.29) is 142 Å². The topological polar surface area (TPSA) is 452 Å². The molecule has 0 saturated heterocycles. The van der Waals surface area contributed by atoms with E-state index in [9.17, 15) is 67.7 Å². The van der Waals surface area contributed by atoms with Gasteiger partial charge in [0, 0.05) is 52.2 Å².